The Balaban J connectivity index is 1.74. The number of fused-ring (bicyclic) bond motifs is 1. The number of halogens is 3. The van der Waals surface area contributed by atoms with Crippen LogP contribution in [0.5, 0.6) is 0 Å². The molecular weight excluding hydrogens is 448 g/mol. The molecule has 0 bridgehead atoms. The topological polar surface area (TPSA) is 98.9 Å². The molecule has 1 unspecified atom stereocenters. The highest BCUT2D eigenvalue weighted by Gasteiger charge is 2.85. The minimum atomic E-state index is -2.54. The normalized spacial score (nSPS) is 32.4. The molecule has 0 radical (unpaired) electrons. The van der Waals surface area contributed by atoms with Crippen molar-refractivity contribution in [3.63, 3.8) is 0 Å². The van der Waals surface area contributed by atoms with Crippen LogP contribution in [0.3, 0.4) is 0 Å². The van der Waals surface area contributed by atoms with Crippen molar-refractivity contribution in [2.75, 3.05) is 0 Å². The van der Waals surface area contributed by atoms with Crippen molar-refractivity contribution in [1.29, 1.82) is 0 Å². The van der Waals surface area contributed by atoms with Gasteiger partial charge in [0.2, 0.25) is 5.67 Å². The van der Waals surface area contributed by atoms with Gasteiger partial charge in [-0.1, -0.05) is 49.0 Å². The Bertz CT molecular complexity index is 855. The van der Waals surface area contributed by atoms with E-state index in [2.05, 4.69) is 6.92 Å². The maximum Gasteiger partial charge on any atom is 0.342 e. The first-order chi connectivity index (χ1) is 14.6. The van der Waals surface area contributed by atoms with Crippen molar-refractivity contribution in [3.05, 3.63) is 33.8 Å². The van der Waals surface area contributed by atoms with Gasteiger partial charge in [0, 0.05) is 11.8 Å². The fraction of sp³-hybridized carbons (Fsp3) is 0.636. The van der Waals surface area contributed by atoms with E-state index in [1.807, 2.05) is 0 Å². The SMILES string of the molecule is CCCCCC(C)OC(=O)[C@@]1(N)[C@H]2[C@@H](C[C@H]1OCc1ccc(Cl)c(Cl)c1)[C@]2(F)C(=O)O. The highest BCUT2D eigenvalue weighted by Crippen LogP contribution is 2.67. The molecule has 172 valence electrons. The number of carbonyl (C=O) groups excluding carboxylic acids is 1. The fourth-order valence-corrected chi connectivity index (χ4v) is 4.97. The van der Waals surface area contributed by atoms with Crippen LogP contribution in [0.25, 0.3) is 0 Å². The Kier molecular flexibility index (Phi) is 7.21. The standard InChI is InChI=1S/C22H28Cl2FNO5/c1-3-4-5-6-12(2)31-20(29)22(26)17(10-14-18(22)21(14,25)19(27)28)30-11-13-7-8-15(23)16(24)9-13/h7-9,12,14,17-18H,3-6,10-11,26H2,1-2H3,(H,27,28)/t12?,14-,17-,18+,21-,22+/m1/s1. The van der Waals surface area contributed by atoms with E-state index >= 15 is 4.39 Å². The van der Waals surface area contributed by atoms with E-state index in [0.717, 1.165) is 19.3 Å². The van der Waals surface area contributed by atoms with Gasteiger partial charge in [0.1, 0.15) is 5.54 Å². The molecule has 2 aliphatic carbocycles. The van der Waals surface area contributed by atoms with Crippen LogP contribution in [0, 0.1) is 11.8 Å². The predicted octanol–water partition coefficient (Wildman–Crippen LogP) is 4.53. The smallest absolute Gasteiger partial charge is 0.342 e. The van der Waals surface area contributed by atoms with Gasteiger partial charge in [0.05, 0.1) is 28.9 Å². The van der Waals surface area contributed by atoms with Crippen LogP contribution < -0.4 is 5.73 Å². The van der Waals surface area contributed by atoms with Gasteiger partial charge in [-0.2, -0.15) is 0 Å². The van der Waals surface area contributed by atoms with Crippen LogP contribution in [0.4, 0.5) is 4.39 Å². The summed E-state index contributed by atoms with van der Waals surface area (Å²) in [6.07, 6.45) is 2.29. The molecule has 3 rings (SSSR count). The average Bonchev–Trinajstić information content (AvgIpc) is 3.19. The van der Waals surface area contributed by atoms with Crippen molar-refractivity contribution in [1.82, 2.24) is 0 Å². The second kappa shape index (κ2) is 9.22. The van der Waals surface area contributed by atoms with Crippen molar-refractivity contribution >= 4 is 35.1 Å². The summed E-state index contributed by atoms with van der Waals surface area (Å²) in [5, 5.41) is 10.1. The zero-order valence-corrected chi connectivity index (χ0v) is 19.1. The third kappa shape index (κ3) is 4.42. The fourth-order valence-electron chi connectivity index (χ4n) is 4.65. The molecule has 31 heavy (non-hydrogen) atoms. The summed E-state index contributed by atoms with van der Waals surface area (Å²) in [5.41, 5.74) is 2.69. The summed E-state index contributed by atoms with van der Waals surface area (Å²) in [5.74, 6) is -4.50. The number of carboxylic acids is 1. The number of carbonyl (C=O) groups is 2. The van der Waals surface area contributed by atoms with Gasteiger partial charge in [-0.05, 0) is 43.9 Å². The zero-order chi connectivity index (χ0) is 23.0. The van der Waals surface area contributed by atoms with E-state index in [4.69, 9.17) is 38.4 Å². The Morgan fingerprint density at radius 2 is 2.03 bits per heavy atom. The molecule has 9 heteroatoms. The van der Waals surface area contributed by atoms with Gasteiger partial charge in [0.25, 0.3) is 0 Å². The van der Waals surface area contributed by atoms with Gasteiger partial charge in [-0.15, -0.1) is 0 Å². The van der Waals surface area contributed by atoms with Crippen LogP contribution in [0.15, 0.2) is 18.2 Å². The molecule has 2 fully saturated rings. The molecule has 3 N–H and O–H groups in total. The van der Waals surface area contributed by atoms with Crippen LogP contribution >= 0.6 is 23.2 Å². The number of unbranched alkanes of at least 4 members (excludes halogenated alkanes) is 2. The number of nitrogens with two attached hydrogens (primary N) is 1. The number of hydrogen-bond acceptors (Lipinski definition) is 5. The minimum absolute atomic E-state index is 0.0185. The first-order valence-electron chi connectivity index (χ1n) is 10.5. The Hall–Kier alpha value is -1.41. The first-order valence-corrected chi connectivity index (χ1v) is 11.3. The number of benzene rings is 1. The molecule has 0 spiro atoms. The number of rotatable bonds is 10. The quantitative estimate of drug-likeness (QED) is 0.380. The first kappa shape index (κ1) is 24.2. The third-order valence-electron chi connectivity index (χ3n) is 6.44. The van der Waals surface area contributed by atoms with E-state index < -0.39 is 47.2 Å². The Morgan fingerprint density at radius 3 is 2.65 bits per heavy atom. The Labute approximate surface area is 191 Å². The summed E-state index contributed by atoms with van der Waals surface area (Å²) in [4.78, 5) is 24.6. The number of aliphatic carboxylic acids is 1. The van der Waals surface area contributed by atoms with E-state index in [9.17, 15) is 14.7 Å². The lowest BCUT2D eigenvalue weighted by Gasteiger charge is -2.34. The van der Waals surface area contributed by atoms with Crippen molar-refractivity contribution < 1.29 is 28.6 Å². The van der Waals surface area contributed by atoms with Crippen molar-refractivity contribution in [3.8, 4) is 0 Å². The highest BCUT2D eigenvalue weighted by atomic mass is 35.5. The van der Waals surface area contributed by atoms with E-state index in [1.54, 1.807) is 25.1 Å². The van der Waals surface area contributed by atoms with Gasteiger partial charge >= 0.3 is 11.9 Å². The van der Waals surface area contributed by atoms with E-state index in [1.165, 1.54) is 0 Å². The summed E-state index contributed by atoms with van der Waals surface area (Å²) >= 11 is 11.9. The lowest BCUT2D eigenvalue weighted by molar-refractivity contribution is -0.165. The van der Waals surface area contributed by atoms with Crippen LogP contribution in [0.2, 0.25) is 10.0 Å². The molecule has 0 saturated heterocycles. The van der Waals surface area contributed by atoms with Gasteiger partial charge in [0.15, 0.2) is 0 Å². The number of ether oxygens (including phenoxy) is 2. The largest absolute Gasteiger partial charge is 0.479 e. The molecule has 0 amide bonds. The lowest BCUT2D eigenvalue weighted by atomic mass is 9.87. The molecule has 0 heterocycles. The van der Waals surface area contributed by atoms with Gasteiger partial charge in [-0.25, -0.2) is 14.0 Å². The number of alkyl halides is 1. The molecule has 6 atom stereocenters. The van der Waals surface area contributed by atoms with Crippen LogP contribution in [-0.4, -0.2) is 40.5 Å². The molecule has 0 aliphatic heterocycles. The van der Waals surface area contributed by atoms with Crippen LogP contribution in [-0.2, 0) is 25.7 Å². The second-order valence-corrected chi connectivity index (χ2v) is 9.40. The minimum Gasteiger partial charge on any atom is -0.479 e. The number of esters is 1. The molecule has 0 aromatic heterocycles. The van der Waals surface area contributed by atoms with Crippen molar-refractivity contribution in [2.24, 2.45) is 17.6 Å². The Morgan fingerprint density at radius 1 is 1.32 bits per heavy atom. The summed E-state index contributed by atoms with van der Waals surface area (Å²) in [6.45, 7) is 3.88. The average molecular weight is 476 g/mol. The molecule has 1 aromatic carbocycles. The zero-order valence-electron chi connectivity index (χ0n) is 17.6. The van der Waals surface area contributed by atoms with Gasteiger partial charge < -0.3 is 20.3 Å². The maximum absolute atomic E-state index is 15.0. The van der Waals surface area contributed by atoms with Gasteiger partial charge in [-0.3, -0.25) is 0 Å². The molecular formula is C22H28Cl2FNO5. The molecule has 1 aromatic rings. The molecule has 2 saturated carbocycles. The molecule has 2 aliphatic rings. The maximum atomic E-state index is 15.0. The third-order valence-corrected chi connectivity index (χ3v) is 7.18. The monoisotopic (exact) mass is 475 g/mol. The molecule has 6 nitrogen and oxygen atoms in total. The predicted molar refractivity (Wildman–Crippen MR) is 115 cm³/mol. The number of hydrogen-bond donors (Lipinski definition) is 2. The summed E-state index contributed by atoms with van der Waals surface area (Å²) in [7, 11) is 0. The highest BCUT2D eigenvalue weighted by molar-refractivity contribution is 6.42. The van der Waals surface area contributed by atoms with Crippen LogP contribution in [0.1, 0.15) is 51.5 Å². The summed E-state index contributed by atoms with van der Waals surface area (Å²) in [6, 6.07) is 4.96. The second-order valence-electron chi connectivity index (χ2n) is 8.59. The van der Waals surface area contributed by atoms with E-state index in [0.29, 0.717) is 22.0 Å². The lowest BCUT2D eigenvalue weighted by Crippen LogP contribution is -2.61. The van der Waals surface area contributed by atoms with Crippen molar-refractivity contribution in [2.45, 2.75) is 76.0 Å². The summed E-state index contributed by atoms with van der Waals surface area (Å²) < 4.78 is 26.4. The van der Waals surface area contributed by atoms with E-state index in [-0.39, 0.29) is 13.0 Å². The number of carboxylic acid groups (broad SMARTS) is 1.